The highest BCUT2D eigenvalue weighted by atomic mass is 32.2. The molecular weight excluding hydrogens is 344 g/mol. The molecule has 0 amide bonds. The van der Waals surface area contributed by atoms with Crippen LogP contribution in [0.2, 0.25) is 0 Å². The lowest BCUT2D eigenvalue weighted by Crippen LogP contribution is -2.47. The molecule has 0 spiro atoms. The number of sulfonamides is 1. The van der Waals surface area contributed by atoms with Crippen LogP contribution >= 0.6 is 0 Å². The van der Waals surface area contributed by atoms with Crippen molar-refractivity contribution in [3.63, 3.8) is 0 Å². The van der Waals surface area contributed by atoms with Gasteiger partial charge in [0.15, 0.2) is 0 Å². The van der Waals surface area contributed by atoms with Crippen LogP contribution in [0, 0.1) is 5.92 Å². The van der Waals surface area contributed by atoms with Crippen LogP contribution in [0.4, 0.5) is 5.69 Å². The van der Waals surface area contributed by atoms with Crippen LogP contribution in [-0.4, -0.2) is 38.7 Å². The number of benzene rings is 1. The molecule has 0 unspecified atom stereocenters. The minimum absolute atomic E-state index is 0.0909. The fourth-order valence-electron chi connectivity index (χ4n) is 3.90. The predicted octanol–water partition coefficient (Wildman–Crippen LogP) is 4.63. The number of unbranched alkanes of at least 4 members (excludes halogenated alkanes) is 3. The van der Waals surface area contributed by atoms with Gasteiger partial charge in [-0.3, -0.25) is 4.72 Å². The van der Waals surface area contributed by atoms with Crippen LogP contribution in [-0.2, 0) is 15.4 Å². The molecule has 26 heavy (non-hydrogen) atoms. The van der Waals surface area contributed by atoms with Crippen molar-refractivity contribution >= 4 is 15.7 Å². The first-order chi connectivity index (χ1) is 12.3. The molecule has 2 atom stereocenters. The van der Waals surface area contributed by atoms with Gasteiger partial charge in [-0.15, -0.1) is 0 Å². The van der Waals surface area contributed by atoms with Gasteiger partial charge in [-0.1, -0.05) is 52.2 Å². The SMILES string of the molecule is CCCCCCN1CC[C@@](C)(c2cccc(NS(=O)(=O)CC)c2)[C@@H](C)C1. The third-order valence-electron chi connectivity index (χ3n) is 6.07. The third kappa shape index (κ3) is 5.46. The van der Waals surface area contributed by atoms with Crippen LogP contribution in [0.15, 0.2) is 24.3 Å². The molecule has 0 bridgehead atoms. The van der Waals surface area contributed by atoms with Crippen molar-refractivity contribution in [2.45, 2.75) is 65.2 Å². The van der Waals surface area contributed by atoms with Crippen molar-refractivity contribution in [2.24, 2.45) is 5.92 Å². The minimum Gasteiger partial charge on any atom is -0.303 e. The molecule has 0 aromatic heterocycles. The monoisotopic (exact) mass is 380 g/mol. The molecule has 1 saturated heterocycles. The van der Waals surface area contributed by atoms with Crippen LogP contribution in [0.5, 0.6) is 0 Å². The second-order valence-electron chi connectivity index (χ2n) is 8.02. The summed E-state index contributed by atoms with van der Waals surface area (Å²) in [6.45, 7) is 12.0. The lowest BCUT2D eigenvalue weighted by molar-refractivity contribution is 0.109. The summed E-state index contributed by atoms with van der Waals surface area (Å²) in [6.07, 6.45) is 6.36. The summed E-state index contributed by atoms with van der Waals surface area (Å²) in [7, 11) is -3.24. The number of likely N-dealkylation sites (tertiary alicyclic amines) is 1. The Balaban J connectivity index is 2.04. The van der Waals surface area contributed by atoms with Crippen LogP contribution in [0.1, 0.15) is 65.4 Å². The van der Waals surface area contributed by atoms with E-state index in [0.29, 0.717) is 11.6 Å². The largest absolute Gasteiger partial charge is 0.303 e. The standard InChI is InChI=1S/C21H36N2O2S/c1-5-7-8-9-14-23-15-13-21(4,18(3)17-23)19-11-10-12-20(16-19)22-26(24,25)6-2/h10-12,16,18,22H,5-9,13-15,17H2,1-4H3/t18-,21+/m0/s1. The Hall–Kier alpha value is -1.07. The second kappa shape index (κ2) is 9.23. The lowest BCUT2D eigenvalue weighted by atomic mass is 9.68. The molecule has 1 fully saturated rings. The maximum absolute atomic E-state index is 11.9. The average Bonchev–Trinajstić information content (AvgIpc) is 2.61. The smallest absolute Gasteiger partial charge is 0.232 e. The highest BCUT2D eigenvalue weighted by Crippen LogP contribution is 2.40. The molecule has 0 saturated carbocycles. The van der Waals surface area contributed by atoms with E-state index in [0.717, 1.165) is 19.5 Å². The number of hydrogen-bond donors (Lipinski definition) is 1. The molecule has 1 aromatic rings. The van der Waals surface area contributed by atoms with Gasteiger partial charge in [-0.05, 0) is 61.9 Å². The molecule has 5 heteroatoms. The summed E-state index contributed by atoms with van der Waals surface area (Å²) < 4.78 is 26.4. The molecule has 0 aliphatic carbocycles. The van der Waals surface area contributed by atoms with E-state index < -0.39 is 10.0 Å². The van der Waals surface area contributed by atoms with Crippen molar-refractivity contribution in [3.8, 4) is 0 Å². The van der Waals surface area contributed by atoms with Gasteiger partial charge in [0.25, 0.3) is 0 Å². The molecule has 148 valence electrons. The Morgan fingerprint density at radius 2 is 2.00 bits per heavy atom. The Kier molecular flexibility index (Phi) is 7.53. The Labute approximate surface area is 160 Å². The van der Waals surface area contributed by atoms with Gasteiger partial charge < -0.3 is 4.90 Å². The van der Waals surface area contributed by atoms with Gasteiger partial charge in [0.2, 0.25) is 10.0 Å². The maximum Gasteiger partial charge on any atom is 0.232 e. The van der Waals surface area contributed by atoms with Crippen LogP contribution in [0.25, 0.3) is 0 Å². The first-order valence-electron chi connectivity index (χ1n) is 10.1. The molecule has 1 N–H and O–H groups in total. The van der Waals surface area contributed by atoms with E-state index in [1.165, 1.54) is 37.8 Å². The Morgan fingerprint density at radius 3 is 2.65 bits per heavy atom. The van der Waals surface area contributed by atoms with E-state index in [2.05, 4.69) is 36.5 Å². The minimum atomic E-state index is -3.24. The first-order valence-corrected chi connectivity index (χ1v) is 11.8. The normalized spacial score (nSPS) is 24.5. The Morgan fingerprint density at radius 1 is 1.23 bits per heavy atom. The maximum atomic E-state index is 11.9. The van der Waals surface area contributed by atoms with E-state index in [1.807, 2.05) is 18.2 Å². The van der Waals surface area contributed by atoms with Gasteiger partial charge in [0, 0.05) is 12.2 Å². The lowest BCUT2D eigenvalue weighted by Gasteiger charge is -2.45. The summed E-state index contributed by atoms with van der Waals surface area (Å²) in [5.74, 6) is 0.637. The van der Waals surface area contributed by atoms with Gasteiger partial charge in [0.1, 0.15) is 0 Å². The summed E-state index contributed by atoms with van der Waals surface area (Å²) in [6, 6.07) is 7.99. The highest BCUT2D eigenvalue weighted by Gasteiger charge is 2.37. The van der Waals surface area contributed by atoms with Crippen molar-refractivity contribution in [1.82, 2.24) is 4.90 Å². The molecule has 1 heterocycles. The molecular formula is C21H36N2O2S. The Bertz CT molecular complexity index is 674. The van der Waals surface area contributed by atoms with Crippen molar-refractivity contribution in [3.05, 3.63) is 29.8 Å². The average molecular weight is 381 g/mol. The van der Waals surface area contributed by atoms with E-state index in [4.69, 9.17) is 0 Å². The summed E-state index contributed by atoms with van der Waals surface area (Å²) in [5.41, 5.74) is 2.01. The van der Waals surface area contributed by atoms with E-state index in [9.17, 15) is 8.42 Å². The van der Waals surface area contributed by atoms with E-state index in [1.54, 1.807) is 6.92 Å². The van der Waals surface area contributed by atoms with Crippen molar-refractivity contribution in [1.29, 1.82) is 0 Å². The molecule has 1 aliphatic rings. The summed E-state index contributed by atoms with van der Waals surface area (Å²) in [5, 5.41) is 0. The molecule has 2 rings (SSSR count). The molecule has 4 nitrogen and oxygen atoms in total. The number of hydrogen-bond acceptors (Lipinski definition) is 3. The number of nitrogens with one attached hydrogen (secondary N) is 1. The number of nitrogens with zero attached hydrogens (tertiary/aromatic N) is 1. The van der Waals surface area contributed by atoms with E-state index in [-0.39, 0.29) is 11.2 Å². The van der Waals surface area contributed by atoms with Gasteiger partial charge in [-0.2, -0.15) is 0 Å². The van der Waals surface area contributed by atoms with Gasteiger partial charge in [-0.25, -0.2) is 8.42 Å². The van der Waals surface area contributed by atoms with Gasteiger partial charge in [0.05, 0.1) is 5.75 Å². The molecule has 1 aliphatic heterocycles. The zero-order chi connectivity index (χ0) is 19.2. The van der Waals surface area contributed by atoms with E-state index >= 15 is 0 Å². The van der Waals surface area contributed by atoms with Crippen LogP contribution in [0.3, 0.4) is 0 Å². The quantitative estimate of drug-likeness (QED) is 0.636. The number of piperidine rings is 1. The zero-order valence-corrected chi connectivity index (χ0v) is 17.7. The highest BCUT2D eigenvalue weighted by molar-refractivity contribution is 7.92. The zero-order valence-electron chi connectivity index (χ0n) is 16.9. The van der Waals surface area contributed by atoms with Crippen molar-refractivity contribution in [2.75, 3.05) is 30.1 Å². The van der Waals surface area contributed by atoms with Gasteiger partial charge >= 0.3 is 0 Å². The third-order valence-corrected chi connectivity index (χ3v) is 7.38. The summed E-state index contributed by atoms with van der Waals surface area (Å²) in [4.78, 5) is 2.60. The second-order valence-corrected chi connectivity index (χ2v) is 10.0. The summed E-state index contributed by atoms with van der Waals surface area (Å²) >= 11 is 0. The van der Waals surface area contributed by atoms with Crippen molar-refractivity contribution < 1.29 is 8.42 Å². The predicted molar refractivity (Wildman–Crippen MR) is 111 cm³/mol. The topological polar surface area (TPSA) is 49.4 Å². The number of anilines is 1. The van der Waals surface area contributed by atoms with Crippen LogP contribution < -0.4 is 4.72 Å². The molecule has 0 radical (unpaired) electrons. The fraction of sp³-hybridized carbons (Fsp3) is 0.714. The first kappa shape index (κ1) is 21.2. The molecule has 1 aromatic carbocycles. The fourth-order valence-corrected chi connectivity index (χ4v) is 4.53. The number of rotatable bonds is 9.